The summed E-state index contributed by atoms with van der Waals surface area (Å²) in [4.78, 5) is 4.33. The molecule has 1 aromatic rings. The summed E-state index contributed by atoms with van der Waals surface area (Å²) < 4.78 is 5.83. The summed E-state index contributed by atoms with van der Waals surface area (Å²) in [6.07, 6.45) is 4.65. The highest BCUT2D eigenvalue weighted by Crippen LogP contribution is 2.30. The summed E-state index contributed by atoms with van der Waals surface area (Å²) in [5.74, 6) is 0.805. The molecule has 0 radical (unpaired) electrons. The van der Waals surface area contributed by atoms with E-state index >= 15 is 0 Å². The zero-order valence-corrected chi connectivity index (χ0v) is 10.1. The number of aryl methyl sites for hydroxylation is 1. The molecule has 0 spiro atoms. The van der Waals surface area contributed by atoms with Crippen molar-refractivity contribution in [2.75, 3.05) is 13.6 Å². The van der Waals surface area contributed by atoms with Gasteiger partial charge in [-0.2, -0.15) is 0 Å². The van der Waals surface area contributed by atoms with E-state index in [1.54, 1.807) is 0 Å². The summed E-state index contributed by atoms with van der Waals surface area (Å²) in [6.45, 7) is 3.85. The van der Waals surface area contributed by atoms with Gasteiger partial charge in [-0.05, 0) is 50.9 Å². The molecular formula is C13H20N2O. The average molecular weight is 220 g/mol. The normalized spacial score (nSPS) is 24.1. The van der Waals surface area contributed by atoms with Gasteiger partial charge in [0, 0.05) is 6.20 Å². The van der Waals surface area contributed by atoms with E-state index in [1.165, 1.54) is 18.4 Å². The van der Waals surface area contributed by atoms with Crippen molar-refractivity contribution in [2.24, 2.45) is 5.92 Å². The molecule has 0 atom stereocenters. The van der Waals surface area contributed by atoms with E-state index in [0.717, 1.165) is 18.2 Å². The SMILES string of the molecule is CNCC1CC(OCc2ncccc2C)C1. The van der Waals surface area contributed by atoms with Gasteiger partial charge >= 0.3 is 0 Å². The topological polar surface area (TPSA) is 34.1 Å². The molecule has 3 heteroatoms. The Labute approximate surface area is 97.2 Å². The number of pyridine rings is 1. The third-order valence-corrected chi connectivity index (χ3v) is 3.26. The van der Waals surface area contributed by atoms with E-state index < -0.39 is 0 Å². The minimum absolute atomic E-state index is 0.444. The first-order valence-corrected chi connectivity index (χ1v) is 5.96. The molecule has 0 unspecified atom stereocenters. The van der Waals surface area contributed by atoms with E-state index in [9.17, 15) is 0 Å². The Balaban J connectivity index is 1.72. The smallest absolute Gasteiger partial charge is 0.0894 e. The Kier molecular flexibility index (Phi) is 3.91. The molecule has 0 aromatic carbocycles. The molecule has 1 N–H and O–H groups in total. The molecule has 3 nitrogen and oxygen atoms in total. The summed E-state index contributed by atoms with van der Waals surface area (Å²) in [6, 6.07) is 4.04. The first-order valence-electron chi connectivity index (χ1n) is 5.96. The van der Waals surface area contributed by atoms with Gasteiger partial charge in [0.2, 0.25) is 0 Å². The van der Waals surface area contributed by atoms with Gasteiger partial charge < -0.3 is 10.1 Å². The predicted octanol–water partition coefficient (Wildman–Crippen LogP) is 1.90. The minimum atomic E-state index is 0.444. The van der Waals surface area contributed by atoms with Crippen LogP contribution in [0.2, 0.25) is 0 Å². The van der Waals surface area contributed by atoms with Crippen molar-refractivity contribution in [1.82, 2.24) is 10.3 Å². The van der Waals surface area contributed by atoms with Crippen molar-refractivity contribution in [1.29, 1.82) is 0 Å². The van der Waals surface area contributed by atoms with E-state index in [-0.39, 0.29) is 0 Å². The van der Waals surface area contributed by atoms with Crippen molar-refractivity contribution in [3.05, 3.63) is 29.6 Å². The molecule has 0 bridgehead atoms. The highest BCUT2D eigenvalue weighted by molar-refractivity contribution is 5.16. The molecule has 1 fully saturated rings. The molecule has 1 aliphatic carbocycles. The molecule has 1 heterocycles. The quantitative estimate of drug-likeness (QED) is 0.823. The lowest BCUT2D eigenvalue weighted by atomic mass is 9.82. The summed E-state index contributed by atoms with van der Waals surface area (Å²) in [7, 11) is 2.01. The minimum Gasteiger partial charge on any atom is -0.372 e. The highest BCUT2D eigenvalue weighted by atomic mass is 16.5. The van der Waals surface area contributed by atoms with Crippen LogP contribution in [0.4, 0.5) is 0 Å². The number of rotatable bonds is 5. The van der Waals surface area contributed by atoms with Crippen molar-refractivity contribution in [3.63, 3.8) is 0 Å². The zero-order chi connectivity index (χ0) is 11.4. The van der Waals surface area contributed by atoms with Crippen LogP contribution in [-0.2, 0) is 11.3 Å². The Bertz CT molecular complexity index is 334. The van der Waals surface area contributed by atoms with Crippen LogP contribution in [0.5, 0.6) is 0 Å². The lowest BCUT2D eigenvalue weighted by molar-refractivity contribution is -0.0404. The van der Waals surface area contributed by atoms with Crippen molar-refractivity contribution >= 4 is 0 Å². The highest BCUT2D eigenvalue weighted by Gasteiger charge is 2.29. The molecule has 0 amide bonds. The van der Waals surface area contributed by atoms with Gasteiger partial charge in [0.25, 0.3) is 0 Å². The second-order valence-electron chi connectivity index (χ2n) is 4.60. The lowest BCUT2D eigenvalue weighted by Gasteiger charge is -2.35. The largest absolute Gasteiger partial charge is 0.372 e. The molecule has 0 saturated heterocycles. The van der Waals surface area contributed by atoms with Gasteiger partial charge in [-0.25, -0.2) is 0 Å². The summed E-state index contributed by atoms with van der Waals surface area (Å²) >= 11 is 0. The van der Waals surface area contributed by atoms with Crippen LogP contribution in [-0.4, -0.2) is 24.7 Å². The van der Waals surface area contributed by atoms with Gasteiger partial charge in [0.05, 0.1) is 18.4 Å². The van der Waals surface area contributed by atoms with Gasteiger partial charge in [-0.1, -0.05) is 6.07 Å². The number of nitrogens with one attached hydrogen (secondary N) is 1. The lowest BCUT2D eigenvalue weighted by Crippen LogP contribution is -2.36. The number of ether oxygens (including phenoxy) is 1. The average Bonchev–Trinajstić information content (AvgIpc) is 2.23. The maximum absolute atomic E-state index is 5.83. The van der Waals surface area contributed by atoms with E-state index in [4.69, 9.17) is 4.74 Å². The van der Waals surface area contributed by atoms with Crippen LogP contribution in [0.25, 0.3) is 0 Å². The zero-order valence-electron chi connectivity index (χ0n) is 10.1. The Morgan fingerprint density at radius 3 is 3.00 bits per heavy atom. The molecular weight excluding hydrogens is 200 g/mol. The van der Waals surface area contributed by atoms with Crippen LogP contribution < -0.4 is 5.32 Å². The van der Waals surface area contributed by atoms with Crippen molar-refractivity contribution < 1.29 is 4.74 Å². The molecule has 0 aliphatic heterocycles. The molecule has 1 aromatic heterocycles. The van der Waals surface area contributed by atoms with Crippen LogP contribution in [0.15, 0.2) is 18.3 Å². The van der Waals surface area contributed by atoms with E-state index in [1.807, 2.05) is 19.3 Å². The van der Waals surface area contributed by atoms with Gasteiger partial charge in [-0.15, -0.1) is 0 Å². The fourth-order valence-electron chi connectivity index (χ4n) is 2.13. The van der Waals surface area contributed by atoms with E-state index in [0.29, 0.717) is 12.7 Å². The predicted molar refractivity (Wildman–Crippen MR) is 64.2 cm³/mol. The number of aromatic nitrogens is 1. The Morgan fingerprint density at radius 1 is 1.50 bits per heavy atom. The van der Waals surface area contributed by atoms with Crippen molar-refractivity contribution in [3.8, 4) is 0 Å². The number of hydrogen-bond donors (Lipinski definition) is 1. The first kappa shape index (κ1) is 11.6. The standard InChI is InChI=1S/C13H20N2O/c1-10-4-3-5-15-13(10)9-16-12-6-11(7-12)8-14-2/h3-5,11-12,14H,6-9H2,1-2H3. The molecule has 88 valence electrons. The van der Waals surface area contributed by atoms with Crippen LogP contribution in [0.3, 0.4) is 0 Å². The second-order valence-corrected chi connectivity index (χ2v) is 4.60. The van der Waals surface area contributed by atoms with E-state index in [2.05, 4.69) is 23.3 Å². The second kappa shape index (κ2) is 5.41. The van der Waals surface area contributed by atoms with Crippen LogP contribution in [0, 0.1) is 12.8 Å². The molecule has 2 rings (SSSR count). The molecule has 1 aliphatic rings. The third-order valence-electron chi connectivity index (χ3n) is 3.26. The summed E-state index contributed by atoms with van der Waals surface area (Å²) in [5, 5.41) is 3.21. The van der Waals surface area contributed by atoms with Crippen LogP contribution in [0.1, 0.15) is 24.1 Å². The third kappa shape index (κ3) is 2.80. The fraction of sp³-hybridized carbons (Fsp3) is 0.615. The molecule has 16 heavy (non-hydrogen) atoms. The monoisotopic (exact) mass is 220 g/mol. The Hall–Kier alpha value is -0.930. The Morgan fingerprint density at radius 2 is 2.31 bits per heavy atom. The summed E-state index contributed by atoms with van der Waals surface area (Å²) in [5.41, 5.74) is 2.29. The number of nitrogens with zero attached hydrogens (tertiary/aromatic N) is 1. The van der Waals surface area contributed by atoms with Crippen LogP contribution >= 0.6 is 0 Å². The van der Waals surface area contributed by atoms with Gasteiger partial charge in [0.1, 0.15) is 0 Å². The van der Waals surface area contributed by atoms with Gasteiger partial charge in [-0.3, -0.25) is 4.98 Å². The van der Waals surface area contributed by atoms with Crippen molar-refractivity contribution in [2.45, 2.75) is 32.5 Å². The number of hydrogen-bond acceptors (Lipinski definition) is 3. The molecule has 1 saturated carbocycles. The van der Waals surface area contributed by atoms with Gasteiger partial charge in [0.15, 0.2) is 0 Å². The maximum atomic E-state index is 5.83. The first-order chi connectivity index (χ1) is 7.79. The fourth-order valence-corrected chi connectivity index (χ4v) is 2.13. The maximum Gasteiger partial charge on any atom is 0.0894 e.